The molecule has 0 N–H and O–H groups in total. The summed E-state index contributed by atoms with van der Waals surface area (Å²) in [6, 6.07) is 0. The van der Waals surface area contributed by atoms with Gasteiger partial charge in [-0.05, 0) is 6.08 Å². The highest BCUT2D eigenvalue weighted by atomic mass is 16.5. The van der Waals surface area contributed by atoms with Crippen LogP contribution in [0.25, 0.3) is 0 Å². The molecule has 0 heterocycles. The van der Waals surface area contributed by atoms with Crippen LogP contribution in [0.15, 0.2) is 29.8 Å². The van der Waals surface area contributed by atoms with E-state index in [1.807, 2.05) is 0 Å². The third-order valence-corrected chi connectivity index (χ3v) is 0.916. The maximum atomic E-state index is 10.4. The van der Waals surface area contributed by atoms with Crippen LogP contribution in [0.5, 0.6) is 0 Å². The summed E-state index contributed by atoms with van der Waals surface area (Å²) in [5.41, 5.74) is 0. The number of rotatable bonds is 5. The summed E-state index contributed by atoms with van der Waals surface area (Å²) in [7, 11) is 0. The zero-order valence-corrected chi connectivity index (χ0v) is 6.53. The quantitative estimate of drug-likeness (QED) is 0.198. The Balaban J connectivity index is 3.41. The second-order valence-corrected chi connectivity index (χ2v) is 1.74. The lowest BCUT2D eigenvalue weighted by Gasteiger charge is -1.93. The van der Waals surface area contributed by atoms with Crippen molar-refractivity contribution < 1.29 is 14.3 Å². The van der Waals surface area contributed by atoms with Gasteiger partial charge in [0.05, 0.1) is 6.54 Å². The number of aliphatic imine (C=N–C) groups is 1. The summed E-state index contributed by atoms with van der Waals surface area (Å²) in [5, 5.41) is 0. The van der Waals surface area contributed by atoms with E-state index in [0.717, 1.165) is 6.08 Å². The molecule has 0 aliphatic carbocycles. The number of ether oxygens (including phenoxy) is 1. The van der Waals surface area contributed by atoms with Crippen molar-refractivity contribution in [2.45, 2.75) is 0 Å². The highest BCUT2D eigenvalue weighted by Crippen LogP contribution is 1.81. The topological polar surface area (TPSA) is 55.7 Å². The Morgan fingerprint density at radius 3 is 2.92 bits per heavy atom. The van der Waals surface area contributed by atoms with Gasteiger partial charge < -0.3 is 4.74 Å². The first-order valence-corrected chi connectivity index (χ1v) is 3.29. The fourth-order valence-electron chi connectivity index (χ4n) is 0.422. The van der Waals surface area contributed by atoms with Crippen LogP contribution < -0.4 is 0 Å². The van der Waals surface area contributed by atoms with Crippen molar-refractivity contribution in [2.24, 2.45) is 4.99 Å². The zero-order valence-electron chi connectivity index (χ0n) is 6.53. The Morgan fingerprint density at radius 2 is 2.33 bits per heavy atom. The fraction of sp³-hybridized carbons (Fsp3) is 0.250. The number of isocyanates is 1. The lowest BCUT2D eigenvalue weighted by molar-refractivity contribution is -0.136. The second kappa shape index (κ2) is 7.44. The van der Waals surface area contributed by atoms with Crippen LogP contribution in [-0.2, 0) is 14.3 Å². The van der Waals surface area contributed by atoms with Gasteiger partial charge in [-0.3, -0.25) is 0 Å². The van der Waals surface area contributed by atoms with Gasteiger partial charge in [0.15, 0.2) is 0 Å². The van der Waals surface area contributed by atoms with Crippen LogP contribution in [0, 0.1) is 0 Å². The maximum Gasteiger partial charge on any atom is 0.330 e. The standard InChI is InChI=1S/C8H9NO3/c1-2-8(11)12-6-4-3-5-9-7-10/h2-4H,1,5-6H2. The molecule has 0 aromatic heterocycles. The van der Waals surface area contributed by atoms with E-state index in [1.54, 1.807) is 12.2 Å². The first-order chi connectivity index (χ1) is 5.81. The van der Waals surface area contributed by atoms with Crippen LogP contribution in [0.3, 0.4) is 0 Å². The summed E-state index contributed by atoms with van der Waals surface area (Å²) < 4.78 is 4.59. The van der Waals surface area contributed by atoms with Crippen LogP contribution in [0.2, 0.25) is 0 Å². The molecule has 0 radical (unpaired) electrons. The summed E-state index contributed by atoms with van der Waals surface area (Å²) in [5.74, 6) is -0.474. The highest BCUT2D eigenvalue weighted by molar-refractivity contribution is 5.81. The minimum atomic E-state index is -0.474. The van der Waals surface area contributed by atoms with Crippen molar-refractivity contribution in [3.8, 4) is 0 Å². The summed E-state index contributed by atoms with van der Waals surface area (Å²) in [6.07, 6.45) is 5.64. The molecule has 0 atom stereocenters. The van der Waals surface area contributed by atoms with Gasteiger partial charge in [-0.15, -0.1) is 0 Å². The first kappa shape index (κ1) is 10.3. The van der Waals surface area contributed by atoms with E-state index in [9.17, 15) is 9.59 Å². The number of hydrogen-bond acceptors (Lipinski definition) is 4. The van der Waals surface area contributed by atoms with Crippen LogP contribution >= 0.6 is 0 Å². The Hall–Kier alpha value is -1.67. The molecule has 0 saturated heterocycles. The minimum Gasteiger partial charge on any atom is -0.458 e. The van der Waals surface area contributed by atoms with Gasteiger partial charge in [-0.1, -0.05) is 12.7 Å². The largest absolute Gasteiger partial charge is 0.458 e. The highest BCUT2D eigenvalue weighted by Gasteiger charge is 1.89. The van der Waals surface area contributed by atoms with E-state index >= 15 is 0 Å². The second-order valence-electron chi connectivity index (χ2n) is 1.74. The Kier molecular flexibility index (Phi) is 6.40. The van der Waals surface area contributed by atoms with E-state index in [0.29, 0.717) is 0 Å². The van der Waals surface area contributed by atoms with Crippen LogP contribution in [0.1, 0.15) is 0 Å². The Morgan fingerprint density at radius 1 is 1.58 bits per heavy atom. The van der Waals surface area contributed by atoms with E-state index in [2.05, 4.69) is 16.3 Å². The molecular formula is C8H9NO3. The molecular weight excluding hydrogens is 158 g/mol. The molecule has 0 bridgehead atoms. The zero-order chi connectivity index (χ0) is 9.23. The van der Waals surface area contributed by atoms with Crippen molar-refractivity contribution in [3.05, 3.63) is 24.8 Å². The fourth-order valence-corrected chi connectivity index (χ4v) is 0.422. The average Bonchev–Trinajstić information content (AvgIpc) is 2.10. The van der Waals surface area contributed by atoms with Crippen molar-refractivity contribution in [1.29, 1.82) is 0 Å². The van der Waals surface area contributed by atoms with Crippen molar-refractivity contribution in [2.75, 3.05) is 13.2 Å². The molecule has 0 aromatic rings. The molecule has 0 fully saturated rings. The van der Waals surface area contributed by atoms with Crippen molar-refractivity contribution >= 4 is 12.0 Å². The average molecular weight is 167 g/mol. The van der Waals surface area contributed by atoms with Gasteiger partial charge >= 0.3 is 5.97 Å². The smallest absolute Gasteiger partial charge is 0.330 e. The van der Waals surface area contributed by atoms with E-state index < -0.39 is 5.97 Å². The van der Waals surface area contributed by atoms with Gasteiger partial charge in [-0.2, -0.15) is 0 Å². The van der Waals surface area contributed by atoms with Gasteiger partial charge in [0, 0.05) is 6.08 Å². The molecule has 4 heteroatoms. The molecule has 64 valence electrons. The number of nitrogens with zero attached hydrogens (tertiary/aromatic N) is 1. The maximum absolute atomic E-state index is 10.4. The van der Waals surface area contributed by atoms with Gasteiger partial charge in [-0.25, -0.2) is 14.6 Å². The molecule has 0 aromatic carbocycles. The summed E-state index contributed by atoms with van der Waals surface area (Å²) in [4.78, 5) is 23.3. The lowest BCUT2D eigenvalue weighted by Crippen LogP contribution is -1.99. The number of esters is 1. The number of carbonyl (C=O) groups is 1. The normalized spacial score (nSPS) is 9.00. The molecule has 0 aliphatic heterocycles. The third-order valence-electron chi connectivity index (χ3n) is 0.916. The van der Waals surface area contributed by atoms with Crippen molar-refractivity contribution in [1.82, 2.24) is 0 Å². The van der Waals surface area contributed by atoms with Gasteiger partial charge in [0.1, 0.15) is 6.61 Å². The molecule has 0 saturated carbocycles. The van der Waals surface area contributed by atoms with Gasteiger partial charge in [0.25, 0.3) is 0 Å². The third kappa shape index (κ3) is 6.45. The van der Waals surface area contributed by atoms with Gasteiger partial charge in [0.2, 0.25) is 6.08 Å². The van der Waals surface area contributed by atoms with Crippen LogP contribution in [-0.4, -0.2) is 25.2 Å². The molecule has 0 aliphatic rings. The Labute approximate surface area is 70.2 Å². The summed E-state index contributed by atoms with van der Waals surface area (Å²) in [6.45, 7) is 3.65. The number of hydrogen-bond donors (Lipinski definition) is 0. The predicted octanol–water partition coefficient (Wildman–Crippen LogP) is 0.608. The molecule has 0 spiro atoms. The molecule has 0 rings (SSSR count). The Bertz CT molecular complexity index is 226. The first-order valence-electron chi connectivity index (χ1n) is 3.29. The molecule has 12 heavy (non-hydrogen) atoms. The number of carbonyl (C=O) groups excluding carboxylic acids is 2. The predicted molar refractivity (Wildman–Crippen MR) is 43.3 cm³/mol. The monoisotopic (exact) mass is 167 g/mol. The molecule has 0 unspecified atom stereocenters. The molecule has 0 amide bonds. The van der Waals surface area contributed by atoms with E-state index in [4.69, 9.17) is 0 Å². The summed E-state index contributed by atoms with van der Waals surface area (Å²) >= 11 is 0. The van der Waals surface area contributed by atoms with Crippen LogP contribution in [0.4, 0.5) is 0 Å². The van der Waals surface area contributed by atoms with E-state index in [-0.39, 0.29) is 13.2 Å². The molecule has 4 nitrogen and oxygen atoms in total. The van der Waals surface area contributed by atoms with Crippen molar-refractivity contribution in [3.63, 3.8) is 0 Å². The SMILES string of the molecule is C=CC(=O)OCC=CCN=C=O. The minimum absolute atomic E-state index is 0.166. The van der Waals surface area contributed by atoms with E-state index in [1.165, 1.54) is 6.08 Å². The lowest BCUT2D eigenvalue weighted by atomic mass is 10.5.